The van der Waals surface area contributed by atoms with Crippen LogP contribution in [0.25, 0.3) is 0 Å². The molecule has 0 aliphatic carbocycles. The van der Waals surface area contributed by atoms with Crippen molar-refractivity contribution in [3.05, 3.63) is 35.0 Å². The third kappa shape index (κ3) is 3.19. The number of aryl methyl sites for hydroxylation is 2. The van der Waals surface area contributed by atoms with Gasteiger partial charge in [0.2, 0.25) is 0 Å². The van der Waals surface area contributed by atoms with Crippen LogP contribution in [0.4, 0.5) is 5.82 Å². The maximum Gasteiger partial charge on any atom is 0.161 e. The lowest BCUT2D eigenvalue weighted by molar-refractivity contribution is 0.171. The zero-order valence-corrected chi connectivity index (χ0v) is 15.1. The third-order valence-electron chi connectivity index (χ3n) is 4.39. The second kappa shape index (κ2) is 6.73. The molecule has 1 aromatic carbocycles. The van der Waals surface area contributed by atoms with Crippen LogP contribution < -0.4 is 19.7 Å². The van der Waals surface area contributed by atoms with Gasteiger partial charge in [-0.2, -0.15) is 5.10 Å². The Morgan fingerprint density at radius 1 is 1.25 bits per heavy atom. The van der Waals surface area contributed by atoms with Crippen LogP contribution in [0.3, 0.4) is 0 Å². The van der Waals surface area contributed by atoms with Crippen molar-refractivity contribution >= 4 is 5.82 Å². The Hall–Kier alpha value is -2.21. The molecule has 0 bridgehead atoms. The first-order valence-electron chi connectivity index (χ1n) is 8.30. The van der Waals surface area contributed by atoms with Gasteiger partial charge in [-0.25, -0.2) is 0 Å². The summed E-state index contributed by atoms with van der Waals surface area (Å²) in [6.07, 6.45) is 0. The van der Waals surface area contributed by atoms with Crippen LogP contribution in [-0.2, 0) is 13.6 Å². The summed E-state index contributed by atoms with van der Waals surface area (Å²) in [5.41, 5.74) is 3.47. The number of aromatic nitrogens is 2. The standard InChI is InChI=1S/C18H26N4O2/c1-12(14-6-7-16-17(10-14)24-9-8-23-16)19-11-15-13(2)20-22(5)18(15)21(3)4/h6-7,10,12,19H,8-9,11H2,1-5H3/t12-/m0/s1. The second-order valence-electron chi connectivity index (χ2n) is 6.41. The van der Waals surface area contributed by atoms with Crippen molar-refractivity contribution in [1.82, 2.24) is 15.1 Å². The molecule has 0 fully saturated rings. The van der Waals surface area contributed by atoms with E-state index in [-0.39, 0.29) is 6.04 Å². The topological polar surface area (TPSA) is 51.6 Å². The highest BCUT2D eigenvalue weighted by Crippen LogP contribution is 2.32. The molecule has 0 saturated carbocycles. The number of hydrogen-bond acceptors (Lipinski definition) is 5. The molecule has 0 unspecified atom stereocenters. The number of benzene rings is 1. The molecular formula is C18H26N4O2. The van der Waals surface area contributed by atoms with Gasteiger partial charge in [0.1, 0.15) is 19.0 Å². The molecule has 1 N–H and O–H groups in total. The molecular weight excluding hydrogens is 304 g/mol. The number of rotatable bonds is 5. The van der Waals surface area contributed by atoms with E-state index in [4.69, 9.17) is 9.47 Å². The van der Waals surface area contributed by atoms with E-state index in [1.807, 2.05) is 31.9 Å². The first-order chi connectivity index (χ1) is 11.5. The molecule has 3 rings (SSSR count). The quantitative estimate of drug-likeness (QED) is 0.912. The molecule has 24 heavy (non-hydrogen) atoms. The zero-order valence-electron chi connectivity index (χ0n) is 15.1. The fraction of sp³-hybridized carbons (Fsp3) is 0.500. The van der Waals surface area contributed by atoms with Crippen LogP contribution >= 0.6 is 0 Å². The Morgan fingerprint density at radius 2 is 1.96 bits per heavy atom. The van der Waals surface area contributed by atoms with Gasteiger partial charge in [0.25, 0.3) is 0 Å². The van der Waals surface area contributed by atoms with Gasteiger partial charge in [-0.15, -0.1) is 0 Å². The second-order valence-corrected chi connectivity index (χ2v) is 6.41. The summed E-state index contributed by atoms with van der Waals surface area (Å²) in [7, 11) is 6.07. The van der Waals surface area contributed by atoms with Gasteiger partial charge in [0, 0.05) is 39.3 Å². The monoisotopic (exact) mass is 330 g/mol. The van der Waals surface area contributed by atoms with Crippen molar-refractivity contribution in [2.75, 3.05) is 32.2 Å². The van der Waals surface area contributed by atoms with E-state index in [1.54, 1.807) is 0 Å². The lowest BCUT2D eigenvalue weighted by atomic mass is 10.1. The molecule has 1 atom stereocenters. The largest absolute Gasteiger partial charge is 0.486 e. The summed E-state index contributed by atoms with van der Waals surface area (Å²) >= 11 is 0. The van der Waals surface area contributed by atoms with Crippen LogP contribution in [-0.4, -0.2) is 37.1 Å². The maximum absolute atomic E-state index is 5.68. The summed E-state index contributed by atoms with van der Waals surface area (Å²) in [5, 5.41) is 8.13. The summed E-state index contributed by atoms with van der Waals surface area (Å²) in [6, 6.07) is 6.35. The van der Waals surface area contributed by atoms with Gasteiger partial charge in [-0.1, -0.05) is 6.07 Å². The van der Waals surface area contributed by atoms with Crippen LogP contribution in [0.5, 0.6) is 11.5 Å². The normalized spacial score (nSPS) is 14.5. The highest BCUT2D eigenvalue weighted by atomic mass is 16.6. The predicted octanol–water partition coefficient (Wildman–Crippen LogP) is 2.42. The minimum Gasteiger partial charge on any atom is -0.486 e. The van der Waals surface area contributed by atoms with Crippen LogP contribution in [0.15, 0.2) is 18.2 Å². The average molecular weight is 330 g/mol. The molecule has 0 saturated heterocycles. The van der Waals surface area contributed by atoms with Crippen molar-refractivity contribution in [2.45, 2.75) is 26.4 Å². The molecule has 6 heteroatoms. The Kier molecular flexibility index (Phi) is 4.66. The Morgan fingerprint density at radius 3 is 2.67 bits per heavy atom. The summed E-state index contributed by atoms with van der Waals surface area (Å²) < 4.78 is 13.2. The van der Waals surface area contributed by atoms with Crippen molar-refractivity contribution < 1.29 is 9.47 Å². The molecule has 1 aromatic heterocycles. The van der Waals surface area contributed by atoms with E-state index >= 15 is 0 Å². The van der Waals surface area contributed by atoms with E-state index < -0.39 is 0 Å². The van der Waals surface area contributed by atoms with Gasteiger partial charge < -0.3 is 19.7 Å². The smallest absolute Gasteiger partial charge is 0.161 e. The molecule has 2 aromatic rings. The molecule has 1 aliphatic heterocycles. The van der Waals surface area contributed by atoms with Gasteiger partial charge in [0.05, 0.1) is 5.69 Å². The van der Waals surface area contributed by atoms with Gasteiger partial charge in [-0.3, -0.25) is 4.68 Å². The lowest BCUT2D eigenvalue weighted by Crippen LogP contribution is -2.22. The van der Waals surface area contributed by atoms with Crippen molar-refractivity contribution in [3.8, 4) is 11.5 Å². The minimum atomic E-state index is 0.204. The Labute approximate surface area is 143 Å². The Balaban J connectivity index is 1.73. The molecule has 0 spiro atoms. The molecule has 0 radical (unpaired) electrons. The molecule has 6 nitrogen and oxygen atoms in total. The number of fused-ring (bicyclic) bond motifs is 1. The molecule has 130 valence electrons. The van der Waals surface area contributed by atoms with Crippen LogP contribution in [0.1, 0.15) is 29.8 Å². The van der Waals surface area contributed by atoms with E-state index in [2.05, 4.69) is 41.3 Å². The summed E-state index contributed by atoms with van der Waals surface area (Å²) in [6.45, 7) is 6.21. The van der Waals surface area contributed by atoms with Gasteiger partial charge in [0.15, 0.2) is 11.5 Å². The highest BCUT2D eigenvalue weighted by Gasteiger charge is 2.17. The van der Waals surface area contributed by atoms with E-state index in [9.17, 15) is 0 Å². The van der Waals surface area contributed by atoms with Crippen molar-refractivity contribution in [3.63, 3.8) is 0 Å². The summed E-state index contributed by atoms with van der Waals surface area (Å²) in [4.78, 5) is 2.10. The van der Waals surface area contributed by atoms with Crippen molar-refractivity contribution in [1.29, 1.82) is 0 Å². The molecule has 0 amide bonds. The first kappa shape index (κ1) is 16.6. The van der Waals surface area contributed by atoms with Crippen molar-refractivity contribution in [2.24, 2.45) is 7.05 Å². The van der Waals surface area contributed by atoms with Gasteiger partial charge >= 0.3 is 0 Å². The summed E-state index contributed by atoms with van der Waals surface area (Å²) in [5.74, 6) is 2.79. The maximum atomic E-state index is 5.68. The number of anilines is 1. The van der Waals surface area contributed by atoms with E-state index in [0.29, 0.717) is 13.2 Å². The van der Waals surface area contributed by atoms with Crippen LogP contribution in [0, 0.1) is 6.92 Å². The minimum absolute atomic E-state index is 0.204. The predicted molar refractivity (Wildman–Crippen MR) is 95.0 cm³/mol. The highest BCUT2D eigenvalue weighted by molar-refractivity contribution is 5.49. The van der Waals surface area contributed by atoms with Gasteiger partial charge in [-0.05, 0) is 31.5 Å². The first-order valence-corrected chi connectivity index (χ1v) is 8.30. The zero-order chi connectivity index (χ0) is 17.3. The van der Waals surface area contributed by atoms with Crippen LogP contribution in [0.2, 0.25) is 0 Å². The van der Waals surface area contributed by atoms with E-state index in [0.717, 1.165) is 29.6 Å². The molecule has 2 heterocycles. The number of nitrogens with one attached hydrogen (secondary N) is 1. The van der Waals surface area contributed by atoms with E-state index in [1.165, 1.54) is 11.1 Å². The number of nitrogens with zero attached hydrogens (tertiary/aromatic N) is 3. The SMILES string of the molecule is Cc1nn(C)c(N(C)C)c1CN[C@@H](C)c1ccc2c(c1)OCCO2. The fourth-order valence-electron chi connectivity index (χ4n) is 3.16. The average Bonchev–Trinajstić information content (AvgIpc) is 2.85. The number of ether oxygens (including phenoxy) is 2. The molecule has 1 aliphatic rings. The Bertz CT molecular complexity index is 724. The third-order valence-corrected chi connectivity index (χ3v) is 4.39. The fourth-order valence-corrected chi connectivity index (χ4v) is 3.16. The lowest BCUT2D eigenvalue weighted by Gasteiger charge is -2.21. The number of hydrogen-bond donors (Lipinski definition) is 1.